The fourth-order valence-electron chi connectivity index (χ4n) is 3.41. The minimum absolute atomic E-state index is 0.105. The number of thioether (sulfide) groups is 1. The zero-order valence-corrected chi connectivity index (χ0v) is 18.9. The molecule has 0 N–H and O–H groups in total. The molecule has 1 saturated heterocycles. The quantitative estimate of drug-likeness (QED) is 0.500. The molecule has 1 aliphatic heterocycles. The first-order valence-corrected chi connectivity index (χ1v) is 12.3. The number of para-hydroxylation sites is 1. The second kappa shape index (κ2) is 9.35. The fourth-order valence-corrected chi connectivity index (χ4v) is 5.68. The van der Waals surface area contributed by atoms with Gasteiger partial charge in [-0.1, -0.05) is 42.1 Å². The highest BCUT2D eigenvalue weighted by atomic mass is 32.2. The second-order valence-electron chi connectivity index (χ2n) is 7.16. The Hall–Kier alpha value is -2.83. The molecule has 32 heavy (non-hydrogen) atoms. The van der Waals surface area contributed by atoms with Crippen molar-refractivity contribution in [2.75, 3.05) is 31.9 Å². The van der Waals surface area contributed by atoms with E-state index in [1.165, 1.54) is 34.3 Å². The van der Waals surface area contributed by atoms with Gasteiger partial charge in [-0.05, 0) is 41.1 Å². The molecule has 0 saturated carbocycles. The molecular formula is C20H21FN6O3S2. The van der Waals surface area contributed by atoms with Crippen molar-refractivity contribution in [1.82, 2.24) is 29.4 Å². The number of nitrogens with zero attached hydrogens (tertiary/aromatic N) is 6. The van der Waals surface area contributed by atoms with E-state index >= 15 is 0 Å². The Bertz CT molecular complexity index is 1230. The van der Waals surface area contributed by atoms with Crippen LogP contribution in [-0.2, 0) is 14.8 Å². The Morgan fingerprint density at radius 2 is 1.75 bits per heavy atom. The SMILES string of the molecule is Cc1ccccc1-n1nnnc1SCC(=O)N1CCN(S(=O)(=O)c2ccccc2F)CC1. The van der Waals surface area contributed by atoms with E-state index in [2.05, 4.69) is 15.5 Å². The van der Waals surface area contributed by atoms with E-state index in [1.807, 2.05) is 31.2 Å². The molecule has 0 radical (unpaired) electrons. The topological polar surface area (TPSA) is 101 Å². The van der Waals surface area contributed by atoms with Crippen molar-refractivity contribution in [3.8, 4) is 5.69 Å². The number of amides is 1. The number of rotatable bonds is 6. The van der Waals surface area contributed by atoms with E-state index in [0.717, 1.165) is 17.3 Å². The van der Waals surface area contributed by atoms with E-state index in [1.54, 1.807) is 9.58 Å². The molecule has 1 amide bonds. The van der Waals surface area contributed by atoms with Crippen molar-refractivity contribution in [2.45, 2.75) is 17.0 Å². The molecule has 0 atom stereocenters. The van der Waals surface area contributed by atoms with Crippen LogP contribution in [0.3, 0.4) is 0 Å². The van der Waals surface area contributed by atoms with Gasteiger partial charge in [-0.2, -0.15) is 8.99 Å². The van der Waals surface area contributed by atoms with Gasteiger partial charge in [-0.25, -0.2) is 12.8 Å². The summed E-state index contributed by atoms with van der Waals surface area (Å²) in [6.07, 6.45) is 0. The van der Waals surface area contributed by atoms with E-state index in [0.29, 0.717) is 5.16 Å². The monoisotopic (exact) mass is 476 g/mol. The maximum Gasteiger partial charge on any atom is 0.246 e. The number of sulfonamides is 1. The number of halogens is 1. The molecule has 1 aromatic heterocycles. The minimum Gasteiger partial charge on any atom is -0.339 e. The highest BCUT2D eigenvalue weighted by Gasteiger charge is 2.31. The fraction of sp³-hybridized carbons (Fsp3) is 0.300. The number of carbonyl (C=O) groups excluding carboxylic acids is 1. The van der Waals surface area contributed by atoms with Crippen LogP contribution in [0.4, 0.5) is 4.39 Å². The summed E-state index contributed by atoms with van der Waals surface area (Å²) in [7, 11) is -3.94. The van der Waals surface area contributed by atoms with Crippen molar-refractivity contribution in [2.24, 2.45) is 0 Å². The summed E-state index contributed by atoms with van der Waals surface area (Å²) < 4.78 is 42.2. The molecule has 0 bridgehead atoms. The van der Waals surface area contributed by atoms with E-state index in [4.69, 9.17) is 0 Å². The molecule has 0 unspecified atom stereocenters. The van der Waals surface area contributed by atoms with Gasteiger partial charge in [-0.15, -0.1) is 5.10 Å². The highest BCUT2D eigenvalue weighted by molar-refractivity contribution is 7.99. The summed E-state index contributed by atoms with van der Waals surface area (Å²) in [5.74, 6) is -0.808. The predicted molar refractivity (Wildman–Crippen MR) is 116 cm³/mol. The van der Waals surface area contributed by atoms with Gasteiger partial charge in [-0.3, -0.25) is 4.79 Å². The second-order valence-corrected chi connectivity index (χ2v) is 10.0. The van der Waals surface area contributed by atoms with Crippen molar-refractivity contribution in [1.29, 1.82) is 0 Å². The average molecular weight is 477 g/mol. The number of carbonyl (C=O) groups is 1. The van der Waals surface area contributed by atoms with Crippen LogP contribution in [0, 0.1) is 12.7 Å². The summed E-state index contributed by atoms with van der Waals surface area (Å²) in [6.45, 7) is 2.62. The van der Waals surface area contributed by atoms with Crippen LogP contribution in [0.15, 0.2) is 58.6 Å². The van der Waals surface area contributed by atoms with Crippen LogP contribution in [0.2, 0.25) is 0 Å². The predicted octanol–water partition coefficient (Wildman–Crippen LogP) is 1.74. The van der Waals surface area contributed by atoms with Gasteiger partial charge >= 0.3 is 0 Å². The van der Waals surface area contributed by atoms with Crippen LogP contribution in [-0.4, -0.2) is 75.7 Å². The third-order valence-electron chi connectivity index (χ3n) is 5.16. The first-order chi connectivity index (χ1) is 15.4. The zero-order chi connectivity index (χ0) is 22.7. The lowest BCUT2D eigenvalue weighted by Crippen LogP contribution is -2.51. The summed E-state index contributed by atoms with van der Waals surface area (Å²) in [4.78, 5) is 13.9. The average Bonchev–Trinajstić information content (AvgIpc) is 3.26. The highest BCUT2D eigenvalue weighted by Crippen LogP contribution is 2.23. The van der Waals surface area contributed by atoms with Gasteiger partial charge in [0.05, 0.1) is 11.4 Å². The van der Waals surface area contributed by atoms with Crippen LogP contribution < -0.4 is 0 Å². The number of tetrazole rings is 1. The Kier molecular flexibility index (Phi) is 6.53. The summed E-state index contributed by atoms with van der Waals surface area (Å²) in [5, 5.41) is 12.2. The molecule has 9 nitrogen and oxygen atoms in total. The molecular weight excluding hydrogens is 455 g/mol. The summed E-state index contributed by atoms with van der Waals surface area (Å²) in [6, 6.07) is 12.9. The van der Waals surface area contributed by atoms with Gasteiger partial charge in [0.1, 0.15) is 10.7 Å². The van der Waals surface area contributed by atoms with Gasteiger partial charge in [0.15, 0.2) is 0 Å². The molecule has 12 heteroatoms. The van der Waals surface area contributed by atoms with E-state index < -0.39 is 15.8 Å². The standard InChI is InChI=1S/C20H21FN6O3S2/c1-15-6-2-4-8-17(15)27-20(22-23-24-27)31-14-19(28)25-10-12-26(13-11-25)32(29,30)18-9-5-3-7-16(18)21/h2-9H,10-14H2,1H3. The third-order valence-corrected chi connectivity index (χ3v) is 7.99. The van der Waals surface area contributed by atoms with Crippen molar-refractivity contribution in [3.05, 3.63) is 59.9 Å². The number of piperazine rings is 1. The molecule has 0 aliphatic carbocycles. The lowest BCUT2D eigenvalue weighted by atomic mass is 10.2. The van der Waals surface area contributed by atoms with Crippen LogP contribution >= 0.6 is 11.8 Å². The maximum absolute atomic E-state index is 14.0. The normalized spacial score (nSPS) is 15.1. The van der Waals surface area contributed by atoms with Crippen LogP contribution in [0.1, 0.15) is 5.56 Å². The zero-order valence-electron chi connectivity index (χ0n) is 17.3. The molecule has 1 fully saturated rings. The number of hydrogen-bond acceptors (Lipinski definition) is 7. The molecule has 168 valence electrons. The Morgan fingerprint density at radius 3 is 2.47 bits per heavy atom. The molecule has 2 heterocycles. The number of aryl methyl sites for hydroxylation is 1. The summed E-state index contributed by atoms with van der Waals surface area (Å²) >= 11 is 1.22. The maximum atomic E-state index is 14.0. The smallest absolute Gasteiger partial charge is 0.246 e. The van der Waals surface area contributed by atoms with Gasteiger partial charge < -0.3 is 4.90 Å². The van der Waals surface area contributed by atoms with Gasteiger partial charge in [0.2, 0.25) is 21.1 Å². The van der Waals surface area contributed by atoms with Crippen molar-refractivity contribution >= 4 is 27.7 Å². The lowest BCUT2D eigenvalue weighted by molar-refractivity contribution is -0.129. The lowest BCUT2D eigenvalue weighted by Gasteiger charge is -2.34. The van der Waals surface area contributed by atoms with Gasteiger partial charge in [0, 0.05) is 26.2 Å². The number of benzene rings is 2. The van der Waals surface area contributed by atoms with Crippen LogP contribution in [0.25, 0.3) is 5.69 Å². The number of aromatic nitrogens is 4. The number of hydrogen-bond donors (Lipinski definition) is 0. The van der Waals surface area contributed by atoms with E-state index in [9.17, 15) is 17.6 Å². The largest absolute Gasteiger partial charge is 0.339 e. The Labute approximate surface area is 189 Å². The summed E-state index contributed by atoms with van der Waals surface area (Å²) in [5.41, 5.74) is 1.83. The Balaban J connectivity index is 1.36. The Morgan fingerprint density at radius 1 is 1.06 bits per heavy atom. The molecule has 3 aromatic rings. The first kappa shape index (κ1) is 22.4. The molecule has 4 rings (SSSR count). The van der Waals surface area contributed by atoms with Crippen LogP contribution in [0.5, 0.6) is 0 Å². The molecule has 1 aliphatic rings. The third kappa shape index (κ3) is 4.52. The molecule has 0 spiro atoms. The van der Waals surface area contributed by atoms with Crippen molar-refractivity contribution in [3.63, 3.8) is 0 Å². The van der Waals surface area contributed by atoms with Crippen molar-refractivity contribution < 1.29 is 17.6 Å². The van der Waals surface area contributed by atoms with Gasteiger partial charge in [0.25, 0.3) is 0 Å². The molecule has 2 aromatic carbocycles. The van der Waals surface area contributed by atoms with E-state index in [-0.39, 0.29) is 42.7 Å². The first-order valence-electron chi connectivity index (χ1n) is 9.87. The minimum atomic E-state index is -3.94.